The molecule has 1 rings (SSSR count). The van der Waals surface area contributed by atoms with Gasteiger partial charge in [0, 0.05) is 19.8 Å². The van der Waals surface area contributed by atoms with Gasteiger partial charge >= 0.3 is 0 Å². The number of nitrogens with two attached hydrogens (primary N) is 1. The minimum atomic E-state index is 0.601. The van der Waals surface area contributed by atoms with Crippen molar-refractivity contribution in [2.24, 2.45) is 5.92 Å². The number of aromatic nitrogens is 1. The standard InChI is InChI=1S/C13H23N3O/c1-10(2)9-17-6-4-5-15-13-11(3)7-12(14)8-16-13/h7-8,10H,4-6,9,14H2,1-3H3,(H,15,16). The van der Waals surface area contributed by atoms with Crippen LogP contribution in [0.25, 0.3) is 0 Å². The first kappa shape index (κ1) is 13.8. The summed E-state index contributed by atoms with van der Waals surface area (Å²) in [6.07, 6.45) is 2.66. The maximum absolute atomic E-state index is 5.64. The third-order valence-corrected chi connectivity index (χ3v) is 2.31. The highest BCUT2D eigenvalue weighted by atomic mass is 16.5. The molecule has 0 fully saturated rings. The SMILES string of the molecule is Cc1cc(N)cnc1NCCCOCC(C)C. The van der Waals surface area contributed by atoms with Crippen LogP contribution in [-0.2, 0) is 4.74 Å². The van der Waals surface area contributed by atoms with Crippen LogP contribution in [0.4, 0.5) is 11.5 Å². The van der Waals surface area contributed by atoms with Gasteiger partial charge in [-0.05, 0) is 30.9 Å². The molecule has 1 aromatic heterocycles. The van der Waals surface area contributed by atoms with E-state index in [0.717, 1.165) is 37.6 Å². The number of pyridine rings is 1. The quantitative estimate of drug-likeness (QED) is 0.715. The van der Waals surface area contributed by atoms with E-state index in [-0.39, 0.29) is 0 Å². The second-order valence-corrected chi connectivity index (χ2v) is 4.68. The summed E-state index contributed by atoms with van der Waals surface area (Å²) < 4.78 is 5.50. The van der Waals surface area contributed by atoms with E-state index >= 15 is 0 Å². The van der Waals surface area contributed by atoms with Crippen molar-refractivity contribution in [3.8, 4) is 0 Å². The van der Waals surface area contributed by atoms with Gasteiger partial charge in [-0.1, -0.05) is 13.8 Å². The van der Waals surface area contributed by atoms with E-state index in [1.54, 1.807) is 6.20 Å². The Hall–Kier alpha value is -1.29. The molecule has 96 valence electrons. The lowest BCUT2D eigenvalue weighted by molar-refractivity contribution is 0.110. The van der Waals surface area contributed by atoms with Crippen LogP contribution in [0.2, 0.25) is 0 Å². The molecular weight excluding hydrogens is 214 g/mol. The Morgan fingerprint density at radius 1 is 1.47 bits per heavy atom. The van der Waals surface area contributed by atoms with Gasteiger partial charge < -0.3 is 15.8 Å². The Morgan fingerprint density at radius 3 is 2.88 bits per heavy atom. The van der Waals surface area contributed by atoms with Crippen molar-refractivity contribution >= 4 is 11.5 Å². The smallest absolute Gasteiger partial charge is 0.128 e. The van der Waals surface area contributed by atoms with Gasteiger partial charge in [-0.3, -0.25) is 0 Å². The average Bonchev–Trinajstić information content (AvgIpc) is 2.25. The molecule has 0 radical (unpaired) electrons. The van der Waals surface area contributed by atoms with Gasteiger partial charge in [0.1, 0.15) is 5.82 Å². The predicted molar refractivity (Wildman–Crippen MR) is 72.2 cm³/mol. The minimum absolute atomic E-state index is 0.601. The summed E-state index contributed by atoms with van der Waals surface area (Å²) in [6.45, 7) is 8.80. The maximum Gasteiger partial charge on any atom is 0.128 e. The lowest BCUT2D eigenvalue weighted by Gasteiger charge is -2.10. The molecule has 0 aromatic carbocycles. The Morgan fingerprint density at radius 2 is 2.24 bits per heavy atom. The van der Waals surface area contributed by atoms with Crippen LogP contribution in [0.15, 0.2) is 12.3 Å². The minimum Gasteiger partial charge on any atom is -0.397 e. The van der Waals surface area contributed by atoms with Gasteiger partial charge in [0.15, 0.2) is 0 Å². The normalized spacial score (nSPS) is 10.8. The molecule has 0 amide bonds. The van der Waals surface area contributed by atoms with E-state index in [2.05, 4.69) is 24.1 Å². The van der Waals surface area contributed by atoms with Crippen molar-refractivity contribution < 1.29 is 4.74 Å². The Labute approximate surface area is 104 Å². The number of nitrogens with one attached hydrogen (secondary N) is 1. The second kappa shape index (κ2) is 7.12. The number of nitrogen functional groups attached to an aromatic ring is 1. The Balaban J connectivity index is 2.18. The Bertz CT molecular complexity index is 339. The number of anilines is 2. The molecule has 0 bridgehead atoms. The third-order valence-electron chi connectivity index (χ3n) is 2.31. The summed E-state index contributed by atoms with van der Waals surface area (Å²) in [4.78, 5) is 4.25. The summed E-state index contributed by atoms with van der Waals surface area (Å²) in [6, 6.07) is 1.92. The molecule has 0 unspecified atom stereocenters. The van der Waals surface area contributed by atoms with Crippen molar-refractivity contribution in [1.82, 2.24) is 4.98 Å². The van der Waals surface area contributed by atoms with Crippen molar-refractivity contribution in [3.05, 3.63) is 17.8 Å². The molecular formula is C13H23N3O. The number of hydrogen-bond acceptors (Lipinski definition) is 4. The number of aryl methyl sites for hydroxylation is 1. The zero-order chi connectivity index (χ0) is 12.7. The molecule has 0 atom stereocenters. The van der Waals surface area contributed by atoms with Gasteiger partial charge in [-0.25, -0.2) is 4.98 Å². The van der Waals surface area contributed by atoms with Gasteiger partial charge in [0.25, 0.3) is 0 Å². The zero-order valence-electron chi connectivity index (χ0n) is 11.0. The van der Waals surface area contributed by atoms with E-state index in [1.807, 2.05) is 13.0 Å². The Kier molecular flexibility index (Phi) is 5.77. The number of hydrogen-bond donors (Lipinski definition) is 2. The van der Waals surface area contributed by atoms with Gasteiger partial charge in [-0.15, -0.1) is 0 Å². The summed E-state index contributed by atoms with van der Waals surface area (Å²) in [7, 11) is 0. The maximum atomic E-state index is 5.64. The molecule has 4 heteroatoms. The first-order chi connectivity index (χ1) is 8.09. The zero-order valence-corrected chi connectivity index (χ0v) is 11.0. The van der Waals surface area contributed by atoms with Crippen molar-refractivity contribution in [2.75, 3.05) is 30.8 Å². The number of ether oxygens (including phenoxy) is 1. The lowest BCUT2D eigenvalue weighted by Crippen LogP contribution is -2.10. The molecule has 0 spiro atoms. The van der Waals surface area contributed by atoms with Crippen LogP contribution < -0.4 is 11.1 Å². The highest BCUT2D eigenvalue weighted by molar-refractivity contribution is 5.50. The average molecular weight is 237 g/mol. The van der Waals surface area contributed by atoms with E-state index in [0.29, 0.717) is 11.6 Å². The number of nitrogens with zero attached hydrogens (tertiary/aromatic N) is 1. The molecule has 1 heterocycles. The van der Waals surface area contributed by atoms with Crippen LogP contribution in [-0.4, -0.2) is 24.7 Å². The summed E-state index contributed by atoms with van der Waals surface area (Å²) in [5.74, 6) is 1.51. The molecule has 4 nitrogen and oxygen atoms in total. The molecule has 17 heavy (non-hydrogen) atoms. The molecule has 0 aliphatic rings. The van der Waals surface area contributed by atoms with Gasteiger partial charge in [0.05, 0.1) is 11.9 Å². The van der Waals surface area contributed by atoms with Crippen LogP contribution in [0.3, 0.4) is 0 Å². The number of rotatable bonds is 7. The van der Waals surface area contributed by atoms with Crippen molar-refractivity contribution in [3.63, 3.8) is 0 Å². The van der Waals surface area contributed by atoms with Crippen LogP contribution in [0, 0.1) is 12.8 Å². The van der Waals surface area contributed by atoms with E-state index in [4.69, 9.17) is 10.5 Å². The fourth-order valence-corrected chi connectivity index (χ4v) is 1.48. The highest BCUT2D eigenvalue weighted by Crippen LogP contribution is 2.13. The largest absolute Gasteiger partial charge is 0.397 e. The first-order valence-corrected chi connectivity index (χ1v) is 6.13. The fraction of sp³-hybridized carbons (Fsp3) is 0.615. The predicted octanol–water partition coefficient (Wildman–Crippen LogP) is 2.45. The lowest BCUT2D eigenvalue weighted by atomic mass is 10.2. The monoisotopic (exact) mass is 237 g/mol. The summed E-state index contributed by atoms with van der Waals surface area (Å²) in [5.41, 5.74) is 7.42. The fourth-order valence-electron chi connectivity index (χ4n) is 1.48. The van der Waals surface area contributed by atoms with E-state index in [9.17, 15) is 0 Å². The highest BCUT2D eigenvalue weighted by Gasteiger charge is 1.99. The van der Waals surface area contributed by atoms with Crippen LogP contribution >= 0.6 is 0 Å². The summed E-state index contributed by atoms with van der Waals surface area (Å²) >= 11 is 0. The molecule has 1 aromatic rings. The molecule has 0 saturated carbocycles. The van der Waals surface area contributed by atoms with Crippen LogP contribution in [0.1, 0.15) is 25.8 Å². The van der Waals surface area contributed by atoms with E-state index < -0.39 is 0 Å². The molecule has 0 aliphatic heterocycles. The first-order valence-electron chi connectivity index (χ1n) is 6.13. The van der Waals surface area contributed by atoms with Crippen molar-refractivity contribution in [2.45, 2.75) is 27.2 Å². The van der Waals surface area contributed by atoms with Crippen LogP contribution in [0.5, 0.6) is 0 Å². The molecule has 0 aliphatic carbocycles. The molecule has 3 N–H and O–H groups in total. The second-order valence-electron chi connectivity index (χ2n) is 4.68. The summed E-state index contributed by atoms with van der Waals surface area (Å²) in [5, 5.41) is 3.28. The van der Waals surface area contributed by atoms with Crippen molar-refractivity contribution in [1.29, 1.82) is 0 Å². The molecule has 0 saturated heterocycles. The van der Waals surface area contributed by atoms with Gasteiger partial charge in [0.2, 0.25) is 0 Å². The van der Waals surface area contributed by atoms with E-state index in [1.165, 1.54) is 0 Å². The topological polar surface area (TPSA) is 60.2 Å². The third kappa shape index (κ3) is 5.54. The van der Waals surface area contributed by atoms with Gasteiger partial charge in [-0.2, -0.15) is 0 Å².